The molecule has 5 nitrogen and oxygen atoms in total. The second-order valence-electron chi connectivity index (χ2n) is 5.95. The summed E-state index contributed by atoms with van der Waals surface area (Å²) in [6, 6.07) is 15.7. The fourth-order valence-corrected chi connectivity index (χ4v) is 2.49. The first-order valence-electron chi connectivity index (χ1n) is 8.73. The fourth-order valence-electron chi connectivity index (χ4n) is 2.49. The lowest BCUT2D eigenvalue weighted by Crippen LogP contribution is -1.96. The van der Waals surface area contributed by atoms with Crippen molar-refractivity contribution in [2.75, 3.05) is 6.61 Å². The summed E-state index contributed by atoms with van der Waals surface area (Å²) in [5.74, 6) is 0.812. The molecule has 0 bridgehead atoms. The third-order valence-electron chi connectivity index (χ3n) is 3.97. The second-order valence-corrected chi connectivity index (χ2v) is 5.95. The van der Waals surface area contributed by atoms with Gasteiger partial charge in [0.15, 0.2) is 0 Å². The highest BCUT2D eigenvalue weighted by Gasteiger charge is 2.07. The van der Waals surface area contributed by atoms with Crippen LogP contribution in [-0.4, -0.2) is 11.5 Å². The van der Waals surface area contributed by atoms with Gasteiger partial charge >= 0.3 is 0 Å². The van der Waals surface area contributed by atoms with Crippen LogP contribution in [0.25, 0.3) is 11.6 Å². The Labute approximate surface area is 153 Å². The maximum Gasteiger partial charge on any atom is 0.269 e. The van der Waals surface area contributed by atoms with Gasteiger partial charge in [-0.05, 0) is 47.9 Å². The summed E-state index contributed by atoms with van der Waals surface area (Å²) in [6.45, 7) is 2.89. The summed E-state index contributed by atoms with van der Waals surface area (Å²) in [7, 11) is 0. The molecule has 2 aromatic carbocycles. The molecule has 0 spiro atoms. The SMILES string of the molecule is CCCCCCOc1ccc(/C=C(\C#N)c2ccc([N+](=O)[O-])cc2)cc1. The number of hydrogen-bond acceptors (Lipinski definition) is 4. The summed E-state index contributed by atoms with van der Waals surface area (Å²) < 4.78 is 5.71. The van der Waals surface area contributed by atoms with Crippen molar-refractivity contribution in [2.24, 2.45) is 0 Å². The van der Waals surface area contributed by atoms with Crippen LogP contribution >= 0.6 is 0 Å². The van der Waals surface area contributed by atoms with Crippen molar-refractivity contribution < 1.29 is 9.66 Å². The number of allylic oxidation sites excluding steroid dienone is 1. The number of nitro groups is 1. The number of nitrogens with zero attached hydrogens (tertiary/aromatic N) is 2. The Bertz CT molecular complexity index is 788. The van der Waals surface area contributed by atoms with E-state index in [-0.39, 0.29) is 5.69 Å². The van der Waals surface area contributed by atoms with Gasteiger partial charge in [0.2, 0.25) is 0 Å². The van der Waals surface area contributed by atoms with Crippen LogP contribution < -0.4 is 4.74 Å². The van der Waals surface area contributed by atoms with Gasteiger partial charge in [-0.25, -0.2) is 0 Å². The molecule has 134 valence electrons. The summed E-state index contributed by atoms with van der Waals surface area (Å²) in [4.78, 5) is 10.3. The van der Waals surface area contributed by atoms with Crippen molar-refractivity contribution in [1.29, 1.82) is 5.26 Å². The Hall–Kier alpha value is -3.13. The van der Waals surface area contributed by atoms with Gasteiger partial charge in [-0.1, -0.05) is 38.3 Å². The molecular formula is C21H22N2O3. The topological polar surface area (TPSA) is 76.2 Å². The minimum Gasteiger partial charge on any atom is -0.494 e. The van der Waals surface area contributed by atoms with Crippen LogP contribution in [0, 0.1) is 21.4 Å². The Balaban J connectivity index is 2.02. The number of nitro benzene ring substituents is 1. The van der Waals surface area contributed by atoms with E-state index in [2.05, 4.69) is 13.0 Å². The van der Waals surface area contributed by atoms with Crippen molar-refractivity contribution in [1.82, 2.24) is 0 Å². The Morgan fingerprint density at radius 2 is 1.81 bits per heavy atom. The van der Waals surface area contributed by atoms with Gasteiger partial charge in [0, 0.05) is 12.1 Å². The van der Waals surface area contributed by atoms with E-state index in [1.165, 1.54) is 31.4 Å². The molecule has 5 heteroatoms. The van der Waals surface area contributed by atoms with Gasteiger partial charge in [-0.2, -0.15) is 5.26 Å². The van der Waals surface area contributed by atoms with Crippen LogP contribution in [-0.2, 0) is 0 Å². The zero-order valence-corrected chi connectivity index (χ0v) is 14.9. The van der Waals surface area contributed by atoms with Crippen LogP contribution in [0.2, 0.25) is 0 Å². The summed E-state index contributed by atoms with van der Waals surface area (Å²) in [5.41, 5.74) is 1.98. The molecule has 2 aromatic rings. The average molecular weight is 350 g/mol. The van der Waals surface area contributed by atoms with Gasteiger partial charge in [0.25, 0.3) is 5.69 Å². The van der Waals surface area contributed by atoms with Crippen molar-refractivity contribution in [3.8, 4) is 11.8 Å². The minimum atomic E-state index is -0.458. The molecule has 2 rings (SSSR count). The van der Waals surface area contributed by atoms with Crippen molar-refractivity contribution in [2.45, 2.75) is 32.6 Å². The standard InChI is InChI=1S/C21H22N2O3/c1-2-3-4-5-14-26-21-12-6-17(7-13-21)15-19(16-22)18-8-10-20(11-9-18)23(24)25/h6-13,15H,2-5,14H2,1H3/b19-15+. The molecule has 0 aromatic heterocycles. The molecular weight excluding hydrogens is 328 g/mol. The fraction of sp³-hybridized carbons (Fsp3) is 0.286. The second kappa shape index (κ2) is 10.00. The molecule has 0 aliphatic heterocycles. The molecule has 0 aliphatic rings. The molecule has 0 amide bonds. The molecule has 0 radical (unpaired) electrons. The number of benzene rings is 2. The molecule has 0 atom stereocenters. The van der Waals surface area contributed by atoms with Crippen LogP contribution in [0.5, 0.6) is 5.75 Å². The normalized spacial score (nSPS) is 11.0. The molecule has 0 N–H and O–H groups in total. The average Bonchev–Trinajstić information content (AvgIpc) is 2.67. The maximum atomic E-state index is 10.7. The lowest BCUT2D eigenvalue weighted by Gasteiger charge is -2.06. The highest BCUT2D eigenvalue weighted by molar-refractivity contribution is 5.89. The van der Waals surface area contributed by atoms with E-state index in [1.807, 2.05) is 24.3 Å². The van der Waals surface area contributed by atoms with Gasteiger partial charge in [0.1, 0.15) is 5.75 Å². The smallest absolute Gasteiger partial charge is 0.269 e. The zero-order valence-electron chi connectivity index (χ0n) is 14.9. The van der Waals surface area contributed by atoms with E-state index in [0.717, 1.165) is 17.7 Å². The first-order valence-corrected chi connectivity index (χ1v) is 8.73. The van der Waals surface area contributed by atoms with Crippen LogP contribution in [0.4, 0.5) is 5.69 Å². The monoisotopic (exact) mass is 350 g/mol. The molecule has 0 fully saturated rings. The summed E-state index contributed by atoms with van der Waals surface area (Å²) >= 11 is 0. The molecule has 0 saturated heterocycles. The predicted molar refractivity (Wildman–Crippen MR) is 103 cm³/mol. The highest BCUT2D eigenvalue weighted by atomic mass is 16.6. The van der Waals surface area contributed by atoms with E-state index < -0.39 is 4.92 Å². The lowest BCUT2D eigenvalue weighted by molar-refractivity contribution is -0.384. The first kappa shape index (κ1) is 19.2. The third kappa shape index (κ3) is 5.75. The van der Waals surface area contributed by atoms with Crippen molar-refractivity contribution in [3.05, 3.63) is 69.8 Å². The van der Waals surface area contributed by atoms with Crippen LogP contribution in [0.3, 0.4) is 0 Å². The first-order chi connectivity index (χ1) is 12.6. The number of hydrogen-bond donors (Lipinski definition) is 0. The lowest BCUT2D eigenvalue weighted by atomic mass is 10.0. The largest absolute Gasteiger partial charge is 0.494 e. The summed E-state index contributed by atoms with van der Waals surface area (Å²) in [5, 5.41) is 20.1. The Morgan fingerprint density at radius 3 is 2.38 bits per heavy atom. The van der Waals surface area contributed by atoms with Crippen LogP contribution in [0.1, 0.15) is 43.7 Å². The van der Waals surface area contributed by atoms with Crippen LogP contribution in [0.15, 0.2) is 48.5 Å². The van der Waals surface area contributed by atoms with E-state index in [0.29, 0.717) is 17.7 Å². The highest BCUT2D eigenvalue weighted by Crippen LogP contribution is 2.22. The molecule has 26 heavy (non-hydrogen) atoms. The minimum absolute atomic E-state index is 0.00600. The zero-order chi connectivity index (χ0) is 18.8. The number of nitriles is 1. The Kier molecular flexibility index (Phi) is 7.38. The van der Waals surface area contributed by atoms with Gasteiger partial charge in [-0.15, -0.1) is 0 Å². The van der Waals surface area contributed by atoms with Crippen molar-refractivity contribution >= 4 is 17.3 Å². The summed E-state index contributed by atoms with van der Waals surface area (Å²) in [6.07, 6.45) is 6.42. The maximum absolute atomic E-state index is 10.7. The number of ether oxygens (including phenoxy) is 1. The van der Waals surface area contributed by atoms with E-state index >= 15 is 0 Å². The number of unbranched alkanes of at least 4 members (excludes halogenated alkanes) is 3. The predicted octanol–water partition coefficient (Wildman–Crippen LogP) is 5.62. The van der Waals surface area contributed by atoms with Gasteiger partial charge in [0.05, 0.1) is 23.2 Å². The molecule has 0 unspecified atom stereocenters. The number of rotatable bonds is 9. The van der Waals surface area contributed by atoms with Gasteiger partial charge in [-0.3, -0.25) is 10.1 Å². The Morgan fingerprint density at radius 1 is 1.12 bits per heavy atom. The number of non-ortho nitro benzene ring substituents is 1. The molecule has 0 saturated carbocycles. The quantitative estimate of drug-likeness (QED) is 0.193. The molecule has 0 aliphatic carbocycles. The van der Waals surface area contributed by atoms with E-state index in [9.17, 15) is 15.4 Å². The van der Waals surface area contributed by atoms with Gasteiger partial charge < -0.3 is 4.74 Å². The van der Waals surface area contributed by atoms with Crippen molar-refractivity contribution in [3.63, 3.8) is 0 Å². The van der Waals surface area contributed by atoms with E-state index in [4.69, 9.17) is 4.74 Å². The van der Waals surface area contributed by atoms with E-state index in [1.54, 1.807) is 18.2 Å². The third-order valence-corrected chi connectivity index (χ3v) is 3.97. The molecule has 0 heterocycles.